The fourth-order valence-corrected chi connectivity index (χ4v) is 4.04. The molecule has 0 saturated carbocycles. The van der Waals surface area contributed by atoms with Crippen LogP contribution in [-0.2, 0) is 11.3 Å². The number of hydrogen-bond acceptors (Lipinski definition) is 8. The largest absolute Gasteiger partial charge is 0.380 e. The number of aryl methyl sites for hydroxylation is 2. The quantitative estimate of drug-likeness (QED) is 0.553. The van der Waals surface area contributed by atoms with E-state index in [0.29, 0.717) is 37.6 Å². The predicted molar refractivity (Wildman–Crippen MR) is 123 cm³/mol. The summed E-state index contributed by atoms with van der Waals surface area (Å²) >= 11 is 0. The van der Waals surface area contributed by atoms with Crippen molar-refractivity contribution in [2.45, 2.75) is 39.8 Å². The van der Waals surface area contributed by atoms with Gasteiger partial charge in [0.2, 0.25) is 5.95 Å². The van der Waals surface area contributed by atoms with E-state index >= 15 is 0 Å². The number of likely N-dealkylation sites (N-methyl/N-ethyl adjacent to an activating group) is 2. The lowest BCUT2D eigenvalue weighted by Gasteiger charge is -2.25. The average molecular weight is 425 g/mol. The molecule has 1 N–H and O–H groups in total. The summed E-state index contributed by atoms with van der Waals surface area (Å²) in [6, 6.07) is 4.38. The maximum absolute atomic E-state index is 5.56. The van der Waals surface area contributed by atoms with Gasteiger partial charge < -0.3 is 19.9 Å². The molecule has 1 aliphatic heterocycles. The first kappa shape index (κ1) is 21.5. The van der Waals surface area contributed by atoms with Gasteiger partial charge in [0.05, 0.1) is 18.8 Å². The Kier molecular flexibility index (Phi) is 6.33. The average Bonchev–Trinajstić information content (AvgIpc) is 3.31. The number of likely N-dealkylation sites (tertiary alicyclic amines) is 1. The molecule has 0 aliphatic carbocycles. The molecule has 9 nitrogen and oxygen atoms in total. The van der Waals surface area contributed by atoms with Crippen molar-refractivity contribution < 1.29 is 4.74 Å². The Balaban J connectivity index is 1.77. The molecular weight excluding hydrogens is 392 g/mol. The van der Waals surface area contributed by atoms with Crippen LogP contribution in [0.15, 0.2) is 18.3 Å². The van der Waals surface area contributed by atoms with Gasteiger partial charge in [-0.3, -0.25) is 4.68 Å². The number of pyridine rings is 1. The van der Waals surface area contributed by atoms with Crippen LogP contribution in [0.3, 0.4) is 0 Å². The highest BCUT2D eigenvalue weighted by Gasteiger charge is 2.27. The van der Waals surface area contributed by atoms with E-state index in [4.69, 9.17) is 19.8 Å². The van der Waals surface area contributed by atoms with Crippen LogP contribution in [-0.4, -0.2) is 76.1 Å². The second-order valence-corrected chi connectivity index (χ2v) is 8.23. The van der Waals surface area contributed by atoms with Crippen molar-refractivity contribution in [2.24, 2.45) is 0 Å². The molecule has 9 heteroatoms. The molecule has 166 valence electrons. The van der Waals surface area contributed by atoms with Crippen LogP contribution < -0.4 is 10.2 Å². The van der Waals surface area contributed by atoms with Crippen LogP contribution >= 0.6 is 0 Å². The third-order valence-corrected chi connectivity index (χ3v) is 5.79. The minimum Gasteiger partial charge on any atom is -0.380 e. The smallest absolute Gasteiger partial charge is 0.228 e. The van der Waals surface area contributed by atoms with Gasteiger partial charge in [0.15, 0.2) is 5.82 Å². The first-order chi connectivity index (χ1) is 15.0. The summed E-state index contributed by atoms with van der Waals surface area (Å²) in [6.07, 6.45) is 2.90. The highest BCUT2D eigenvalue weighted by molar-refractivity contribution is 5.90. The van der Waals surface area contributed by atoms with Crippen molar-refractivity contribution in [3.05, 3.63) is 29.6 Å². The van der Waals surface area contributed by atoms with Crippen LogP contribution in [0.2, 0.25) is 0 Å². The molecule has 0 aromatic carbocycles. The molecule has 1 fully saturated rings. The number of fused-ring (bicyclic) bond motifs is 1. The van der Waals surface area contributed by atoms with Gasteiger partial charge in [0, 0.05) is 32.4 Å². The summed E-state index contributed by atoms with van der Waals surface area (Å²) in [5.74, 6) is 2.17. The van der Waals surface area contributed by atoms with Crippen molar-refractivity contribution in [2.75, 3.05) is 50.6 Å². The van der Waals surface area contributed by atoms with Crippen LogP contribution in [0.4, 0.5) is 17.6 Å². The van der Waals surface area contributed by atoms with Crippen molar-refractivity contribution >= 4 is 28.6 Å². The second kappa shape index (κ2) is 9.15. The fraction of sp³-hybridized carbons (Fsp3) is 0.545. The van der Waals surface area contributed by atoms with Gasteiger partial charge in [-0.2, -0.15) is 10.1 Å². The van der Waals surface area contributed by atoms with Crippen LogP contribution in [0.1, 0.15) is 24.6 Å². The summed E-state index contributed by atoms with van der Waals surface area (Å²) in [5, 5.41) is 8.16. The summed E-state index contributed by atoms with van der Waals surface area (Å²) in [4.78, 5) is 18.9. The molecule has 4 rings (SSSR count). The van der Waals surface area contributed by atoms with Gasteiger partial charge in [0.25, 0.3) is 0 Å². The Morgan fingerprint density at radius 3 is 2.84 bits per heavy atom. The van der Waals surface area contributed by atoms with E-state index in [1.54, 1.807) is 6.20 Å². The molecule has 0 radical (unpaired) electrons. The molecule has 3 aromatic heterocycles. The molecule has 0 unspecified atom stereocenters. The second-order valence-electron chi connectivity index (χ2n) is 8.23. The number of anilines is 3. The molecule has 4 heterocycles. The van der Waals surface area contributed by atoms with Gasteiger partial charge in [0.1, 0.15) is 16.9 Å². The zero-order chi connectivity index (χ0) is 22.0. The molecule has 0 amide bonds. The Morgan fingerprint density at radius 2 is 2.13 bits per heavy atom. The lowest BCUT2D eigenvalue weighted by Crippen LogP contribution is -2.35. The summed E-state index contributed by atoms with van der Waals surface area (Å²) in [6.45, 7) is 10.0. The van der Waals surface area contributed by atoms with Gasteiger partial charge in [-0.25, -0.2) is 9.97 Å². The van der Waals surface area contributed by atoms with E-state index in [1.807, 2.05) is 30.7 Å². The standard InChI is InChI=1S/C22H32N8O/c1-6-31-12-11-30-20-19(16(3)27-30)25-22(29(5)17-8-10-28(4)14-17)26-21(20)24-18-13-15(2)7-9-23-18/h7,9,13,17H,6,8,10-12,14H2,1-5H3,(H,23,24,25,26)/t17-/m0/s1. The Hall–Kier alpha value is -2.78. The van der Waals surface area contributed by atoms with E-state index in [0.717, 1.165) is 47.6 Å². The molecule has 1 saturated heterocycles. The summed E-state index contributed by atoms with van der Waals surface area (Å²) < 4.78 is 7.50. The summed E-state index contributed by atoms with van der Waals surface area (Å²) in [7, 11) is 4.23. The number of nitrogens with one attached hydrogen (secondary N) is 1. The number of aromatic nitrogens is 5. The zero-order valence-electron chi connectivity index (χ0n) is 19.1. The van der Waals surface area contributed by atoms with E-state index in [9.17, 15) is 0 Å². The summed E-state index contributed by atoms with van der Waals surface area (Å²) in [5.41, 5.74) is 3.75. The first-order valence-electron chi connectivity index (χ1n) is 10.9. The molecule has 3 aromatic rings. The SMILES string of the molecule is CCOCCn1nc(C)c2nc(N(C)[C@H]3CCN(C)C3)nc(Nc3cc(C)ccn3)c21. The number of rotatable bonds is 8. The van der Waals surface area contributed by atoms with Gasteiger partial charge in [-0.05, 0) is 58.5 Å². The Morgan fingerprint density at radius 1 is 1.29 bits per heavy atom. The van der Waals surface area contributed by atoms with Crippen molar-refractivity contribution in [3.8, 4) is 0 Å². The predicted octanol–water partition coefficient (Wildman–Crippen LogP) is 2.76. The van der Waals surface area contributed by atoms with Crippen LogP contribution in [0.25, 0.3) is 11.0 Å². The van der Waals surface area contributed by atoms with Gasteiger partial charge in [-0.15, -0.1) is 0 Å². The van der Waals surface area contributed by atoms with Crippen molar-refractivity contribution in [1.29, 1.82) is 0 Å². The lowest BCUT2D eigenvalue weighted by atomic mass is 10.2. The molecule has 1 aliphatic rings. The molecule has 0 spiro atoms. The highest BCUT2D eigenvalue weighted by Crippen LogP contribution is 2.29. The van der Waals surface area contributed by atoms with E-state index < -0.39 is 0 Å². The zero-order valence-corrected chi connectivity index (χ0v) is 19.1. The number of ether oxygens (including phenoxy) is 1. The molecule has 1 atom stereocenters. The third-order valence-electron chi connectivity index (χ3n) is 5.79. The van der Waals surface area contributed by atoms with Crippen LogP contribution in [0, 0.1) is 13.8 Å². The monoisotopic (exact) mass is 424 g/mol. The molecular formula is C22H32N8O. The minimum atomic E-state index is 0.390. The number of hydrogen-bond donors (Lipinski definition) is 1. The fourth-order valence-electron chi connectivity index (χ4n) is 4.04. The lowest BCUT2D eigenvalue weighted by molar-refractivity contribution is 0.137. The first-order valence-corrected chi connectivity index (χ1v) is 10.9. The Bertz CT molecular complexity index is 1050. The van der Waals surface area contributed by atoms with Crippen molar-refractivity contribution in [3.63, 3.8) is 0 Å². The van der Waals surface area contributed by atoms with E-state index in [1.165, 1.54) is 0 Å². The van der Waals surface area contributed by atoms with Crippen molar-refractivity contribution in [1.82, 2.24) is 29.6 Å². The Labute approximate surface area is 183 Å². The van der Waals surface area contributed by atoms with E-state index in [-0.39, 0.29) is 0 Å². The van der Waals surface area contributed by atoms with Gasteiger partial charge >= 0.3 is 0 Å². The molecule has 0 bridgehead atoms. The topological polar surface area (TPSA) is 84.2 Å². The van der Waals surface area contributed by atoms with Gasteiger partial charge in [-0.1, -0.05) is 0 Å². The number of nitrogens with zero attached hydrogens (tertiary/aromatic N) is 7. The minimum absolute atomic E-state index is 0.390. The maximum atomic E-state index is 5.56. The highest BCUT2D eigenvalue weighted by atomic mass is 16.5. The maximum Gasteiger partial charge on any atom is 0.228 e. The normalized spacial score (nSPS) is 16.9. The molecule has 31 heavy (non-hydrogen) atoms. The van der Waals surface area contributed by atoms with E-state index in [2.05, 4.69) is 41.1 Å². The van der Waals surface area contributed by atoms with Crippen LogP contribution in [0.5, 0.6) is 0 Å². The third kappa shape index (κ3) is 4.62.